The van der Waals surface area contributed by atoms with Gasteiger partial charge in [0.15, 0.2) is 0 Å². The molecule has 0 aliphatic carbocycles. The van der Waals surface area contributed by atoms with Gasteiger partial charge in [-0.15, -0.1) is 0 Å². The molecule has 0 aromatic heterocycles. The fourth-order valence-corrected chi connectivity index (χ4v) is 1.28. The fourth-order valence-electron chi connectivity index (χ4n) is 1.06. The van der Waals surface area contributed by atoms with E-state index in [0.29, 0.717) is 5.92 Å². The van der Waals surface area contributed by atoms with Gasteiger partial charge >= 0.3 is 0 Å². The third-order valence-electron chi connectivity index (χ3n) is 1.87. The van der Waals surface area contributed by atoms with Gasteiger partial charge in [0.05, 0.1) is 0 Å². The Morgan fingerprint density at radius 1 is 1.15 bits per heavy atom. The zero-order valence-electron chi connectivity index (χ0n) is 8.29. The molecule has 0 amide bonds. The van der Waals surface area contributed by atoms with E-state index in [2.05, 4.69) is 49.3 Å². The maximum absolute atomic E-state index is 3.07. The normalized spacial score (nSPS) is 9.54. The zero-order chi connectivity index (χ0) is 9.68. The highest BCUT2D eigenvalue weighted by Crippen LogP contribution is 2.14. The molecule has 0 aliphatic rings. The predicted octanol–water partition coefficient (Wildman–Crippen LogP) is 3.48. The molecular weight excluding hydrogens is 176 g/mol. The van der Waals surface area contributed by atoms with Crippen LogP contribution in [0.25, 0.3) is 0 Å². The summed E-state index contributed by atoms with van der Waals surface area (Å²) in [7, 11) is 0. The monoisotopic (exact) mass is 190 g/mol. The van der Waals surface area contributed by atoms with Gasteiger partial charge in [-0.3, -0.25) is 0 Å². The average molecular weight is 190 g/mol. The van der Waals surface area contributed by atoms with Crippen molar-refractivity contribution in [2.75, 3.05) is 6.26 Å². The first kappa shape index (κ1) is 10.2. The lowest BCUT2D eigenvalue weighted by Gasteiger charge is -2.03. The summed E-state index contributed by atoms with van der Waals surface area (Å²) in [4.78, 5) is 0. The lowest BCUT2D eigenvalue weighted by molar-refractivity contribution is 0.866. The van der Waals surface area contributed by atoms with E-state index in [-0.39, 0.29) is 0 Å². The van der Waals surface area contributed by atoms with Gasteiger partial charge in [0, 0.05) is 5.56 Å². The first-order valence-corrected chi connectivity index (χ1v) is 5.60. The van der Waals surface area contributed by atoms with Gasteiger partial charge < -0.3 is 0 Å². The molecule has 68 valence electrons. The maximum atomic E-state index is 3.07. The van der Waals surface area contributed by atoms with E-state index in [4.69, 9.17) is 0 Å². The molecular formula is C12H14S. The van der Waals surface area contributed by atoms with Crippen LogP contribution in [0, 0.1) is 11.2 Å². The molecule has 0 fully saturated rings. The highest BCUT2D eigenvalue weighted by molar-refractivity contribution is 8.03. The molecule has 0 unspecified atom stereocenters. The Labute approximate surface area is 84.7 Å². The quantitative estimate of drug-likeness (QED) is 0.611. The van der Waals surface area contributed by atoms with E-state index in [1.54, 1.807) is 11.8 Å². The van der Waals surface area contributed by atoms with Crippen molar-refractivity contribution in [3.05, 3.63) is 35.4 Å². The van der Waals surface area contributed by atoms with Gasteiger partial charge in [-0.2, -0.15) is 0 Å². The fraction of sp³-hybridized carbons (Fsp3) is 0.333. The van der Waals surface area contributed by atoms with Crippen LogP contribution >= 0.6 is 11.8 Å². The van der Waals surface area contributed by atoms with Crippen LogP contribution in [0.4, 0.5) is 0 Å². The molecule has 0 saturated carbocycles. The summed E-state index contributed by atoms with van der Waals surface area (Å²) in [6.45, 7) is 4.39. The molecule has 0 N–H and O–H groups in total. The maximum Gasteiger partial charge on any atom is 0.0254 e. The van der Waals surface area contributed by atoms with E-state index in [9.17, 15) is 0 Å². The van der Waals surface area contributed by atoms with Crippen molar-refractivity contribution in [3.63, 3.8) is 0 Å². The Hall–Kier alpha value is -0.870. The number of hydrogen-bond donors (Lipinski definition) is 0. The van der Waals surface area contributed by atoms with Crippen LogP contribution in [-0.4, -0.2) is 6.26 Å². The third kappa shape index (κ3) is 3.16. The van der Waals surface area contributed by atoms with E-state index < -0.39 is 0 Å². The average Bonchev–Trinajstić information content (AvgIpc) is 2.15. The van der Waals surface area contributed by atoms with Crippen LogP contribution in [0.1, 0.15) is 30.9 Å². The van der Waals surface area contributed by atoms with Crippen molar-refractivity contribution >= 4 is 11.8 Å². The van der Waals surface area contributed by atoms with E-state index in [1.165, 1.54) is 5.56 Å². The van der Waals surface area contributed by atoms with Gasteiger partial charge in [0.25, 0.3) is 0 Å². The first-order valence-electron chi connectivity index (χ1n) is 4.38. The molecule has 0 bridgehead atoms. The summed E-state index contributed by atoms with van der Waals surface area (Å²) in [5, 5.41) is 2.98. The number of hydrogen-bond acceptors (Lipinski definition) is 1. The van der Waals surface area contributed by atoms with Crippen LogP contribution in [0.5, 0.6) is 0 Å². The van der Waals surface area contributed by atoms with Crippen molar-refractivity contribution in [1.82, 2.24) is 0 Å². The van der Waals surface area contributed by atoms with Crippen molar-refractivity contribution < 1.29 is 0 Å². The summed E-state index contributed by atoms with van der Waals surface area (Å²) >= 11 is 1.55. The van der Waals surface area contributed by atoms with Crippen LogP contribution in [0.3, 0.4) is 0 Å². The highest BCUT2D eigenvalue weighted by atomic mass is 32.2. The Balaban J connectivity index is 2.81. The van der Waals surface area contributed by atoms with Crippen molar-refractivity contribution in [1.29, 1.82) is 0 Å². The molecule has 1 aromatic carbocycles. The molecule has 1 aromatic rings. The predicted molar refractivity (Wildman–Crippen MR) is 60.9 cm³/mol. The molecule has 0 atom stereocenters. The minimum absolute atomic E-state index is 0.600. The molecule has 0 spiro atoms. The topological polar surface area (TPSA) is 0 Å². The Morgan fingerprint density at radius 2 is 1.77 bits per heavy atom. The van der Waals surface area contributed by atoms with Crippen molar-refractivity contribution in [2.24, 2.45) is 0 Å². The molecule has 1 heteroatoms. The van der Waals surface area contributed by atoms with Crippen molar-refractivity contribution in [3.8, 4) is 11.2 Å². The lowest BCUT2D eigenvalue weighted by atomic mass is 10.0. The third-order valence-corrected chi connectivity index (χ3v) is 2.18. The van der Waals surface area contributed by atoms with Gasteiger partial charge in [-0.25, -0.2) is 0 Å². The highest BCUT2D eigenvalue weighted by Gasteiger charge is 1.96. The van der Waals surface area contributed by atoms with Gasteiger partial charge in [0.1, 0.15) is 0 Å². The molecule has 0 radical (unpaired) electrons. The second-order valence-corrected chi connectivity index (χ2v) is 3.82. The van der Waals surface area contributed by atoms with Gasteiger partial charge in [-0.1, -0.05) is 43.7 Å². The largest absolute Gasteiger partial charge is 0.0781 e. The summed E-state index contributed by atoms with van der Waals surface area (Å²) in [5.74, 6) is 3.67. The molecule has 0 heterocycles. The second-order valence-electron chi connectivity index (χ2n) is 3.21. The Morgan fingerprint density at radius 3 is 2.23 bits per heavy atom. The summed E-state index contributed by atoms with van der Waals surface area (Å²) in [5.41, 5.74) is 2.47. The zero-order valence-corrected chi connectivity index (χ0v) is 9.11. The summed E-state index contributed by atoms with van der Waals surface area (Å²) in [6, 6.07) is 8.46. The van der Waals surface area contributed by atoms with Crippen LogP contribution in [0.2, 0.25) is 0 Å². The Bertz CT molecular complexity index is 311. The number of thioether (sulfide) groups is 1. The SMILES string of the molecule is CSC#Cc1ccc(C(C)C)cc1. The van der Waals surface area contributed by atoms with Gasteiger partial charge in [0.2, 0.25) is 0 Å². The second kappa shape index (κ2) is 4.99. The number of benzene rings is 1. The van der Waals surface area contributed by atoms with Crippen molar-refractivity contribution in [2.45, 2.75) is 19.8 Å². The number of rotatable bonds is 1. The molecule has 0 saturated heterocycles. The summed E-state index contributed by atoms with van der Waals surface area (Å²) in [6.07, 6.45) is 1.98. The van der Waals surface area contributed by atoms with Gasteiger partial charge in [-0.05, 0) is 35.1 Å². The van der Waals surface area contributed by atoms with Crippen LogP contribution in [-0.2, 0) is 0 Å². The Kier molecular flexibility index (Phi) is 3.92. The van der Waals surface area contributed by atoms with E-state index in [1.807, 2.05) is 6.26 Å². The van der Waals surface area contributed by atoms with Crippen LogP contribution in [0.15, 0.2) is 24.3 Å². The smallest absolute Gasteiger partial charge is 0.0254 e. The van der Waals surface area contributed by atoms with Crippen LogP contribution < -0.4 is 0 Å². The van der Waals surface area contributed by atoms with E-state index in [0.717, 1.165) is 5.56 Å². The molecule has 1 rings (SSSR count). The minimum atomic E-state index is 0.600. The molecule has 0 aliphatic heterocycles. The summed E-state index contributed by atoms with van der Waals surface area (Å²) < 4.78 is 0. The standard InChI is InChI=1S/C12H14S/c1-10(2)12-6-4-11(5-7-12)8-9-13-3/h4-7,10H,1-3H3. The lowest BCUT2D eigenvalue weighted by Crippen LogP contribution is -1.86. The van der Waals surface area contributed by atoms with E-state index >= 15 is 0 Å². The minimum Gasteiger partial charge on any atom is -0.0781 e. The first-order chi connectivity index (χ1) is 6.24. The molecule has 0 nitrogen and oxygen atoms in total. The molecule has 13 heavy (non-hydrogen) atoms.